The van der Waals surface area contributed by atoms with E-state index in [1.165, 1.54) is 23.4 Å². The lowest BCUT2D eigenvalue weighted by Gasteiger charge is -2.46. The predicted molar refractivity (Wildman–Crippen MR) is 138 cm³/mol. The lowest BCUT2D eigenvalue weighted by atomic mass is 9.89. The molecule has 3 atom stereocenters. The summed E-state index contributed by atoms with van der Waals surface area (Å²) in [6.07, 6.45) is 4.96. The fourth-order valence-electron chi connectivity index (χ4n) is 5.72. The van der Waals surface area contributed by atoms with Crippen molar-refractivity contribution in [3.05, 3.63) is 71.2 Å². The molecule has 0 radical (unpaired) electrons. The van der Waals surface area contributed by atoms with Gasteiger partial charge in [0.15, 0.2) is 5.76 Å². The predicted octanol–water partition coefficient (Wildman–Crippen LogP) is 4.38. The summed E-state index contributed by atoms with van der Waals surface area (Å²) >= 11 is 0. The maximum absolute atomic E-state index is 14.3. The number of carbonyl (C=O) groups is 2. The average Bonchev–Trinajstić information content (AvgIpc) is 2.87. The summed E-state index contributed by atoms with van der Waals surface area (Å²) in [5.74, 6) is -0.666. The molecule has 2 heterocycles. The number of hydrogen-bond donors (Lipinski definition) is 0. The van der Waals surface area contributed by atoms with Gasteiger partial charge in [0.05, 0.1) is 6.04 Å². The first-order valence-corrected chi connectivity index (χ1v) is 13.0. The zero-order chi connectivity index (χ0) is 25.2. The largest absolute Gasteiger partial charge is 0.482 e. The summed E-state index contributed by atoms with van der Waals surface area (Å²) < 4.78 is 20.4. The first-order valence-electron chi connectivity index (χ1n) is 13.0. The van der Waals surface area contributed by atoms with Crippen molar-refractivity contribution >= 4 is 23.6 Å². The molecular formula is C29H34FN3O3. The van der Waals surface area contributed by atoms with Gasteiger partial charge in [0.1, 0.15) is 18.5 Å². The quantitative estimate of drug-likeness (QED) is 0.596. The van der Waals surface area contributed by atoms with E-state index >= 15 is 0 Å². The number of hydrogen-bond acceptors (Lipinski definition) is 4. The topological polar surface area (TPSA) is 53.1 Å². The number of fused-ring (bicyclic) bond motifs is 1. The van der Waals surface area contributed by atoms with Crippen LogP contribution < -0.4 is 4.90 Å². The molecule has 3 fully saturated rings. The standard InChI is InChI=1S/C29H34FN3O3/c1-20-8-7-10-23(16-20)32-15-14-31(18-21(32)2)28(34)19-33-25-12-5-6-13-26(25)36-27(29(33)35)17-22-9-3-4-11-24(22)30/h3-4,7-11,16-17,21,25-26H,5-6,12-15,18-19H2,1-2H3/b27-17+. The second-order valence-electron chi connectivity index (χ2n) is 10.2. The molecule has 2 aromatic carbocycles. The number of carbonyl (C=O) groups excluding carboxylic acids is 2. The first-order chi connectivity index (χ1) is 17.4. The zero-order valence-corrected chi connectivity index (χ0v) is 21.0. The van der Waals surface area contributed by atoms with Crippen LogP contribution in [-0.4, -0.2) is 66.0 Å². The van der Waals surface area contributed by atoms with E-state index in [1.807, 2.05) is 4.90 Å². The molecule has 0 aromatic heterocycles. The van der Waals surface area contributed by atoms with Gasteiger partial charge in [-0.2, -0.15) is 0 Å². The van der Waals surface area contributed by atoms with Gasteiger partial charge in [0.2, 0.25) is 5.91 Å². The number of ether oxygens (including phenoxy) is 1. The van der Waals surface area contributed by atoms with Crippen LogP contribution >= 0.6 is 0 Å². The van der Waals surface area contributed by atoms with E-state index in [0.717, 1.165) is 32.2 Å². The van der Waals surface area contributed by atoms with Gasteiger partial charge in [-0.15, -0.1) is 0 Å². The van der Waals surface area contributed by atoms with Gasteiger partial charge < -0.3 is 19.4 Å². The van der Waals surface area contributed by atoms with Gasteiger partial charge in [0.25, 0.3) is 5.91 Å². The molecule has 2 saturated heterocycles. The molecule has 1 aliphatic carbocycles. The minimum Gasteiger partial charge on any atom is -0.482 e. The van der Waals surface area contributed by atoms with Crippen LogP contribution in [0.3, 0.4) is 0 Å². The van der Waals surface area contributed by atoms with Crippen LogP contribution in [0, 0.1) is 12.7 Å². The van der Waals surface area contributed by atoms with E-state index < -0.39 is 5.82 Å². The Bertz CT molecular complexity index is 1170. The smallest absolute Gasteiger partial charge is 0.289 e. The lowest BCUT2D eigenvalue weighted by Crippen LogP contribution is -2.60. The Morgan fingerprint density at radius 3 is 2.69 bits per heavy atom. The molecule has 3 aliphatic rings. The Balaban J connectivity index is 1.31. The zero-order valence-electron chi connectivity index (χ0n) is 21.0. The number of morpholine rings is 1. The van der Waals surface area contributed by atoms with Crippen LogP contribution in [0.1, 0.15) is 43.7 Å². The Hall–Kier alpha value is -3.35. The van der Waals surface area contributed by atoms with Gasteiger partial charge in [-0.1, -0.05) is 36.8 Å². The molecular weight excluding hydrogens is 457 g/mol. The summed E-state index contributed by atoms with van der Waals surface area (Å²) in [7, 11) is 0. The average molecular weight is 492 g/mol. The van der Waals surface area contributed by atoms with E-state index in [1.54, 1.807) is 23.1 Å². The van der Waals surface area contributed by atoms with Crippen molar-refractivity contribution in [2.75, 3.05) is 31.1 Å². The van der Waals surface area contributed by atoms with E-state index in [-0.39, 0.29) is 42.3 Å². The number of amides is 2. The van der Waals surface area contributed by atoms with Gasteiger partial charge in [-0.25, -0.2) is 4.39 Å². The van der Waals surface area contributed by atoms with E-state index in [2.05, 4.69) is 43.0 Å². The first kappa shape index (κ1) is 24.3. The Labute approximate surface area is 212 Å². The van der Waals surface area contributed by atoms with E-state index in [4.69, 9.17) is 4.74 Å². The third-order valence-corrected chi connectivity index (χ3v) is 7.63. The van der Waals surface area contributed by atoms with Crippen molar-refractivity contribution in [3.63, 3.8) is 0 Å². The van der Waals surface area contributed by atoms with Crippen LogP contribution in [0.5, 0.6) is 0 Å². The molecule has 0 N–H and O–H groups in total. The minimum atomic E-state index is -0.407. The highest BCUT2D eigenvalue weighted by Gasteiger charge is 2.43. The Morgan fingerprint density at radius 1 is 1.11 bits per heavy atom. The number of anilines is 1. The molecule has 0 spiro atoms. The summed E-state index contributed by atoms with van der Waals surface area (Å²) in [5.41, 5.74) is 2.69. The molecule has 2 aromatic rings. The number of halogens is 1. The van der Waals surface area contributed by atoms with Gasteiger partial charge >= 0.3 is 0 Å². The molecule has 36 heavy (non-hydrogen) atoms. The van der Waals surface area contributed by atoms with Crippen molar-refractivity contribution < 1.29 is 18.7 Å². The van der Waals surface area contributed by atoms with E-state index in [9.17, 15) is 14.0 Å². The van der Waals surface area contributed by atoms with Gasteiger partial charge in [-0.3, -0.25) is 9.59 Å². The molecule has 2 aliphatic heterocycles. The number of piperazine rings is 1. The van der Waals surface area contributed by atoms with Crippen LogP contribution in [0.15, 0.2) is 54.3 Å². The lowest BCUT2D eigenvalue weighted by molar-refractivity contribution is -0.154. The second-order valence-corrected chi connectivity index (χ2v) is 10.2. The Morgan fingerprint density at radius 2 is 1.92 bits per heavy atom. The van der Waals surface area contributed by atoms with Crippen LogP contribution in [-0.2, 0) is 14.3 Å². The molecule has 0 bridgehead atoms. The third-order valence-electron chi connectivity index (χ3n) is 7.63. The van der Waals surface area contributed by atoms with Crippen LogP contribution in [0.2, 0.25) is 0 Å². The maximum Gasteiger partial charge on any atom is 0.289 e. The molecule has 2 amide bonds. The molecule has 5 rings (SSSR count). The highest BCUT2D eigenvalue weighted by atomic mass is 19.1. The fourth-order valence-corrected chi connectivity index (χ4v) is 5.72. The summed E-state index contributed by atoms with van der Waals surface area (Å²) in [6.45, 7) is 6.21. The molecule has 3 unspecified atom stereocenters. The number of rotatable bonds is 4. The van der Waals surface area contributed by atoms with Gasteiger partial charge in [0, 0.05) is 36.9 Å². The van der Waals surface area contributed by atoms with Crippen molar-refractivity contribution in [3.8, 4) is 0 Å². The molecule has 1 saturated carbocycles. The van der Waals surface area contributed by atoms with Crippen molar-refractivity contribution in [2.24, 2.45) is 0 Å². The number of benzene rings is 2. The maximum atomic E-state index is 14.3. The van der Waals surface area contributed by atoms with Crippen molar-refractivity contribution in [1.82, 2.24) is 9.80 Å². The summed E-state index contributed by atoms with van der Waals surface area (Å²) in [4.78, 5) is 32.8. The SMILES string of the molecule is Cc1cccc(N2CCN(C(=O)CN3C(=O)/C(=C\c4ccccc4F)OC4CCCCC43)CC2C)c1. The highest BCUT2D eigenvalue weighted by molar-refractivity contribution is 5.98. The van der Waals surface area contributed by atoms with Crippen molar-refractivity contribution in [2.45, 2.75) is 57.7 Å². The van der Waals surface area contributed by atoms with Gasteiger partial charge in [-0.05, 0) is 62.9 Å². The van der Waals surface area contributed by atoms with E-state index in [0.29, 0.717) is 18.7 Å². The van der Waals surface area contributed by atoms with Crippen LogP contribution in [0.4, 0.5) is 10.1 Å². The molecule has 190 valence electrons. The highest BCUT2D eigenvalue weighted by Crippen LogP contribution is 2.33. The van der Waals surface area contributed by atoms with Crippen LogP contribution in [0.25, 0.3) is 6.08 Å². The summed E-state index contributed by atoms with van der Waals surface area (Å²) in [5, 5.41) is 0. The fraction of sp³-hybridized carbons (Fsp3) is 0.448. The van der Waals surface area contributed by atoms with Crippen molar-refractivity contribution in [1.29, 1.82) is 0 Å². The summed E-state index contributed by atoms with van der Waals surface area (Å²) in [6, 6.07) is 14.8. The molecule has 6 nitrogen and oxygen atoms in total. The molecule has 7 heteroatoms. The normalized spacial score (nSPS) is 25.5. The minimum absolute atomic E-state index is 0.0230. The number of nitrogens with zero attached hydrogens (tertiary/aromatic N) is 3. The Kier molecular flexibility index (Phi) is 6.99. The third kappa shape index (κ3) is 4.97. The number of aryl methyl sites for hydroxylation is 1. The monoisotopic (exact) mass is 491 g/mol. The second kappa shape index (κ2) is 10.3.